The summed E-state index contributed by atoms with van der Waals surface area (Å²) in [5, 5.41) is 0. The van der Waals surface area contributed by atoms with E-state index in [0.717, 1.165) is 12.8 Å². The molecule has 19 heavy (non-hydrogen) atoms. The standard InChI is InChI=1S/C13H18FNO3S/c1-3-9-15(10-4-2)19(17,18)12-7-5-11(6-8-12)13(14)16/h5-8H,3-4,9-10H2,1-2H3. The second-order valence-electron chi connectivity index (χ2n) is 4.20. The molecule has 0 bridgehead atoms. The second kappa shape index (κ2) is 6.77. The fraction of sp³-hybridized carbons (Fsp3) is 0.462. The smallest absolute Gasteiger partial charge is 0.255 e. The zero-order valence-electron chi connectivity index (χ0n) is 11.1. The SMILES string of the molecule is CCCN(CCC)S(=O)(=O)c1ccc(C(=O)F)cc1. The van der Waals surface area contributed by atoms with Gasteiger partial charge in [0.15, 0.2) is 0 Å². The zero-order chi connectivity index (χ0) is 14.5. The average molecular weight is 287 g/mol. The quantitative estimate of drug-likeness (QED) is 0.724. The van der Waals surface area contributed by atoms with E-state index in [9.17, 15) is 17.6 Å². The number of halogens is 1. The minimum Gasteiger partial charge on any atom is -0.255 e. The lowest BCUT2D eigenvalue weighted by molar-refractivity contribution is 0.0836. The van der Waals surface area contributed by atoms with Crippen LogP contribution in [0.5, 0.6) is 0 Å². The van der Waals surface area contributed by atoms with Crippen LogP contribution in [0.4, 0.5) is 4.39 Å². The van der Waals surface area contributed by atoms with E-state index in [0.29, 0.717) is 13.1 Å². The van der Waals surface area contributed by atoms with Crippen LogP contribution in [0.2, 0.25) is 0 Å². The van der Waals surface area contributed by atoms with E-state index in [1.165, 1.54) is 28.6 Å². The fourth-order valence-electron chi connectivity index (χ4n) is 1.76. The van der Waals surface area contributed by atoms with Crippen molar-refractivity contribution in [1.82, 2.24) is 4.31 Å². The summed E-state index contributed by atoms with van der Waals surface area (Å²) in [6.07, 6.45) is 1.44. The number of nitrogens with zero attached hydrogens (tertiary/aromatic N) is 1. The van der Waals surface area contributed by atoms with Crippen molar-refractivity contribution in [1.29, 1.82) is 0 Å². The third-order valence-corrected chi connectivity index (χ3v) is 4.58. The highest BCUT2D eigenvalue weighted by atomic mass is 32.2. The van der Waals surface area contributed by atoms with Gasteiger partial charge in [0.2, 0.25) is 10.0 Å². The van der Waals surface area contributed by atoms with Crippen LogP contribution in [0.25, 0.3) is 0 Å². The first-order chi connectivity index (χ1) is 8.93. The van der Waals surface area contributed by atoms with Gasteiger partial charge in [-0.25, -0.2) is 8.42 Å². The summed E-state index contributed by atoms with van der Waals surface area (Å²) in [5.41, 5.74) is -0.142. The molecule has 0 aliphatic heterocycles. The summed E-state index contributed by atoms with van der Waals surface area (Å²) in [6, 6.07) is 3.33. The molecule has 0 atom stereocenters. The van der Waals surface area contributed by atoms with Crippen LogP contribution in [-0.2, 0) is 10.0 Å². The van der Waals surface area contributed by atoms with Gasteiger partial charge in [-0.3, -0.25) is 4.79 Å². The lowest BCUT2D eigenvalue weighted by atomic mass is 10.2. The van der Waals surface area contributed by atoms with Gasteiger partial charge in [0, 0.05) is 13.1 Å². The normalized spacial score (nSPS) is 11.8. The lowest BCUT2D eigenvalue weighted by Gasteiger charge is -2.20. The second-order valence-corrected chi connectivity index (χ2v) is 6.14. The Morgan fingerprint density at radius 3 is 1.95 bits per heavy atom. The summed E-state index contributed by atoms with van der Waals surface area (Å²) >= 11 is 0. The van der Waals surface area contributed by atoms with E-state index < -0.39 is 16.1 Å². The molecular formula is C13H18FNO3S. The van der Waals surface area contributed by atoms with Gasteiger partial charge in [-0.05, 0) is 37.1 Å². The van der Waals surface area contributed by atoms with Gasteiger partial charge >= 0.3 is 6.04 Å². The highest BCUT2D eigenvalue weighted by molar-refractivity contribution is 7.89. The van der Waals surface area contributed by atoms with Gasteiger partial charge in [0.05, 0.1) is 10.5 Å². The number of carbonyl (C=O) groups excluding carboxylic acids is 1. The summed E-state index contributed by atoms with van der Waals surface area (Å²) in [4.78, 5) is 10.6. The first-order valence-corrected chi connectivity index (χ1v) is 7.67. The zero-order valence-corrected chi connectivity index (χ0v) is 11.9. The van der Waals surface area contributed by atoms with Crippen LogP contribution in [-0.4, -0.2) is 31.8 Å². The molecule has 0 saturated carbocycles. The Morgan fingerprint density at radius 2 is 1.58 bits per heavy atom. The van der Waals surface area contributed by atoms with E-state index >= 15 is 0 Å². The number of hydrogen-bond acceptors (Lipinski definition) is 3. The molecule has 106 valence electrons. The molecule has 0 aliphatic rings. The third-order valence-electron chi connectivity index (χ3n) is 2.67. The molecule has 0 aromatic heterocycles. The number of hydrogen-bond donors (Lipinski definition) is 0. The Kier molecular flexibility index (Phi) is 5.62. The summed E-state index contributed by atoms with van der Waals surface area (Å²) in [7, 11) is -3.57. The lowest BCUT2D eigenvalue weighted by Crippen LogP contribution is -2.32. The van der Waals surface area contributed by atoms with E-state index in [4.69, 9.17) is 0 Å². The van der Waals surface area contributed by atoms with Gasteiger partial charge in [-0.15, -0.1) is 0 Å². The molecule has 0 unspecified atom stereocenters. The van der Waals surface area contributed by atoms with Crippen LogP contribution < -0.4 is 0 Å². The van der Waals surface area contributed by atoms with Crippen molar-refractivity contribution in [3.05, 3.63) is 29.8 Å². The summed E-state index contributed by atoms with van der Waals surface area (Å²) in [6.45, 7) is 4.70. The molecule has 1 aromatic rings. The molecule has 0 radical (unpaired) electrons. The monoisotopic (exact) mass is 287 g/mol. The van der Waals surface area contributed by atoms with Crippen molar-refractivity contribution in [2.75, 3.05) is 13.1 Å². The van der Waals surface area contributed by atoms with Crippen molar-refractivity contribution in [3.8, 4) is 0 Å². The molecule has 0 fully saturated rings. The van der Waals surface area contributed by atoms with Crippen LogP contribution in [0.3, 0.4) is 0 Å². The molecule has 0 spiro atoms. The molecule has 1 aromatic carbocycles. The average Bonchev–Trinajstić information content (AvgIpc) is 2.38. The maximum absolute atomic E-state index is 12.5. The Hall–Kier alpha value is -1.27. The van der Waals surface area contributed by atoms with Crippen LogP contribution in [0, 0.1) is 0 Å². The topological polar surface area (TPSA) is 54.5 Å². The van der Waals surface area contributed by atoms with E-state index in [1.807, 2.05) is 13.8 Å². The summed E-state index contributed by atoms with van der Waals surface area (Å²) < 4.78 is 38.5. The molecule has 0 aliphatic carbocycles. The molecule has 0 N–H and O–H groups in total. The van der Waals surface area contributed by atoms with E-state index in [1.54, 1.807) is 0 Å². The fourth-order valence-corrected chi connectivity index (χ4v) is 3.38. The Labute approximate surface area is 113 Å². The van der Waals surface area contributed by atoms with Crippen molar-refractivity contribution in [3.63, 3.8) is 0 Å². The van der Waals surface area contributed by atoms with Crippen molar-refractivity contribution < 1.29 is 17.6 Å². The Bertz CT molecular complexity index is 519. The highest BCUT2D eigenvalue weighted by Gasteiger charge is 2.23. The van der Waals surface area contributed by atoms with Crippen LogP contribution >= 0.6 is 0 Å². The Morgan fingerprint density at radius 1 is 1.11 bits per heavy atom. The summed E-state index contributed by atoms with van der Waals surface area (Å²) in [5.74, 6) is 0. The number of benzene rings is 1. The number of sulfonamides is 1. The predicted molar refractivity (Wildman–Crippen MR) is 71.2 cm³/mol. The molecular weight excluding hydrogens is 269 g/mol. The van der Waals surface area contributed by atoms with Crippen molar-refractivity contribution in [2.45, 2.75) is 31.6 Å². The Balaban J connectivity index is 3.07. The van der Waals surface area contributed by atoms with Gasteiger partial charge in [0.25, 0.3) is 0 Å². The number of rotatable bonds is 7. The third kappa shape index (κ3) is 3.84. The van der Waals surface area contributed by atoms with Crippen molar-refractivity contribution >= 4 is 16.1 Å². The van der Waals surface area contributed by atoms with Crippen LogP contribution in [0.1, 0.15) is 37.0 Å². The van der Waals surface area contributed by atoms with E-state index in [2.05, 4.69) is 0 Å². The maximum atomic E-state index is 12.5. The first kappa shape index (κ1) is 15.8. The molecule has 4 nitrogen and oxygen atoms in total. The minimum absolute atomic E-state index is 0.0828. The molecule has 0 heterocycles. The molecule has 0 amide bonds. The number of carbonyl (C=O) groups is 1. The molecule has 1 rings (SSSR count). The van der Waals surface area contributed by atoms with Gasteiger partial charge < -0.3 is 0 Å². The molecule has 6 heteroatoms. The maximum Gasteiger partial charge on any atom is 0.332 e. The van der Waals surface area contributed by atoms with Gasteiger partial charge in [-0.1, -0.05) is 13.8 Å². The highest BCUT2D eigenvalue weighted by Crippen LogP contribution is 2.17. The largest absolute Gasteiger partial charge is 0.332 e. The van der Waals surface area contributed by atoms with Crippen LogP contribution in [0.15, 0.2) is 29.2 Å². The predicted octanol–water partition coefficient (Wildman–Crippen LogP) is 2.61. The van der Waals surface area contributed by atoms with Gasteiger partial charge in [-0.2, -0.15) is 8.70 Å². The molecule has 0 saturated heterocycles. The minimum atomic E-state index is -3.57. The van der Waals surface area contributed by atoms with Crippen molar-refractivity contribution in [2.24, 2.45) is 0 Å². The first-order valence-electron chi connectivity index (χ1n) is 6.23. The van der Waals surface area contributed by atoms with Gasteiger partial charge in [0.1, 0.15) is 0 Å². The van der Waals surface area contributed by atoms with E-state index in [-0.39, 0.29) is 10.5 Å².